The Hall–Kier alpha value is 0.780. The van der Waals surface area contributed by atoms with E-state index in [1.807, 2.05) is 38.1 Å². The average Bonchev–Trinajstić information content (AvgIpc) is 2.30. The van der Waals surface area contributed by atoms with E-state index in [0.717, 1.165) is 5.56 Å². The lowest BCUT2D eigenvalue weighted by molar-refractivity contribution is 0.280. The van der Waals surface area contributed by atoms with Gasteiger partial charge in [-0.15, -0.1) is 0 Å². The number of rotatable bonds is 7. The smallest absolute Gasteiger partial charge is 0.248 e. The van der Waals surface area contributed by atoms with Crippen LogP contribution < -0.4 is 0 Å². The van der Waals surface area contributed by atoms with E-state index >= 15 is 0 Å². The molecule has 0 spiro atoms. The van der Waals surface area contributed by atoms with Crippen molar-refractivity contribution in [3.63, 3.8) is 0 Å². The first-order chi connectivity index (χ1) is 8.50. The van der Waals surface area contributed by atoms with Gasteiger partial charge < -0.3 is 9.05 Å². The molecule has 1 atom stereocenters. The first-order valence-corrected chi connectivity index (χ1v) is 10.5. The Kier molecular flexibility index (Phi) is 7.62. The molecule has 1 aromatic carbocycles. The Morgan fingerprint density at radius 1 is 1.28 bits per heavy atom. The largest absolute Gasteiger partial charge is 0.322 e. The normalized spacial score (nSPS) is 13.6. The zero-order valence-corrected chi connectivity index (χ0v) is 14.4. The Morgan fingerprint density at radius 3 is 2.22 bits per heavy atom. The molecule has 0 aliphatic heterocycles. The minimum absolute atomic E-state index is 0.0776. The van der Waals surface area contributed by atoms with E-state index in [9.17, 15) is 0 Å². The van der Waals surface area contributed by atoms with Gasteiger partial charge in [0.25, 0.3) is 0 Å². The summed E-state index contributed by atoms with van der Waals surface area (Å²) in [6.45, 7) is 4.92. The van der Waals surface area contributed by atoms with Gasteiger partial charge in [0.2, 0.25) is 5.69 Å². The molecular weight excluding hydrogens is 327 g/mol. The summed E-state index contributed by atoms with van der Waals surface area (Å²) < 4.78 is 11.1. The van der Waals surface area contributed by atoms with Gasteiger partial charge in [0.1, 0.15) is 0 Å². The van der Waals surface area contributed by atoms with Crippen molar-refractivity contribution in [3.8, 4) is 0 Å². The highest BCUT2D eigenvalue weighted by atomic mass is 35.5. The van der Waals surface area contributed by atoms with E-state index in [0.29, 0.717) is 18.2 Å². The fourth-order valence-corrected chi connectivity index (χ4v) is 8.07. The Bertz CT molecular complexity index is 403. The van der Waals surface area contributed by atoms with Gasteiger partial charge in [-0.2, -0.15) is 12.6 Å². The molecule has 1 rings (SSSR count). The van der Waals surface area contributed by atoms with Crippen LogP contribution in [0.25, 0.3) is 0 Å². The zero-order valence-electron chi connectivity index (χ0n) is 10.2. The molecule has 2 nitrogen and oxygen atoms in total. The van der Waals surface area contributed by atoms with E-state index in [4.69, 9.17) is 32.5 Å². The van der Waals surface area contributed by atoms with Crippen LogP contribution in [-0.2, 0) is 20.9 Å². The van der Waals surface area contributed by atoms with Crippen molar-refractivity contribution in [2.45, 2.75) is 18.4 Å². The van der Waals surface area contributed by atoms with Crippen LogP contribution in [0.4, 0.5) is 0 Å². The summed E-state index contributed by atoms with van der Waals surface area (Å²) in [5.74, 6) is 0. The Balaban J connectivity index is 2.74. The Morgan fingerprint density at radius 2 is 1.78 bits per heavy atom. The molecule has 0 aliphatic carbocycles. The van der Waals surface area contributed by atoms with Crippen LogP contribution >= 0.6 is 41.3 Å². The predicted molar refractivity (Wildman–Crippen MR) is 88.3 cm³/mol. The lowest BCUT2D eigenvalue weighted by Crippen LogP contribution is -1.94. The van der Waals surface area contributed by atoms with Gasteiger partial charge in [-0.05, 0) is 43.4 Å². The molecule has 0 radical (unpaired) electrons. The van der Waals surface area contributed by atoms with E-state index in [-0.39, 0.29) is 4.58 Å². The maximum atomic E-state index is 5.85. The highest BCUT2D eigenvalue weighted by Gasteiger charge is 2.24. The van der Waals surface area contributed by atoms with Gasteiger partial charge >= 0.3 is 0 Å². The van der Waals surface area contributed by atoms with Crippen LogP contribution in [0.2, 0.25) is 5.02 Å². The molecule has 18 heavy (non-hydrogen) atoms. The van der Waals surface area contributed by atoms with E-state index in [2.05, 4.69) is 12.6 Å². The van der Waals surface area contributed by atoms with Crippen molar-refractivity contribution in [2.75, 3.05) is 13.2 Å². The van der Waals surface area contributed by atoms with E-state index in [1.54, 1.807) is 0 Å². The summed E-state index contributed by atoms with van der Waals surface area (Å²) in [5, 5.41) is 0.707. The topological polar surface area (TPSA) is 18.5 Å². The number of thiol groups is 1. The summed E-state index contributed by atoms with van der Waals surface area (Å²) in [4.78, 5) is 0. The summed E-state index contributed by atoms with van der Waals surface area (Å²) in [7, 11) is 0. The predicted octanol–water partition coefficient (Wildman–Crippen LogP) is 5.30. The van der Waals surface area contributed by atoms with Gasteiger partial charge in [-0.1, -0.05) is 35.1 Å². The second-order valence-corrected chi connectivity index (χ2v) is 10.9. The molecule has 1 unspecified atom stereocenters. The van der Waals surface area contributed by atoms with Crippen LogP contribution in [0, 0.1) is 0 Å². The van der Waals surface area contributed by atoms with Gasteiger partial charge in [0.15, 0.2) is 0 Å². The second-order valence-electron chi connectivity index (χ2n) is 3.29. The standard InChI is InChI=1S/C11H16ClO2PS3/c1-3-13-15(17,14-4-2)18-11(16)9-5-7-10(12)8-6-9/h5-8,11,16H,3-4H2,1-2H3. The molecule has 0 fully saturated rings. The quantitative estimate of drug-likeness (QED) is 0.411. The summed E-state index contributed by atoms with van der Waals surface area (Å²) in [6.07, 6.45) is 0. The lowest BCUT2D eigenvalue weighted by atomic mass is 10.2. The number of hydrogen-bond donors (Lipinski definition) is 1. The van der Waals surface area contributed by atoms with Gasteiger partial charge in [0, 0.05) is 5.02 Å². The van der Waals surface area contributed by atoms with Crippen molar-refractivity contribution in [3.05, 3.63) is 34.9 Å². The minimum Gasteiger partial charge on any atom is -0.322 e. The maximum absolute atomic E-state index is 5.85. The zero-order chi connectivity index (χ0) is 13.6. The third-order valence-corrected chi connectivity index (χ3v) is 8.65. The molecule has 0 saturated heterocycles. The van der Waals surface area contributed by atoms with Crippen molar-refractivity contribution in [1.82, 2.24) is 0 Å². The number of halogens is 1. The van der Waals surface area contributed by atoms with Crippen LogP contribution in [-0.4, -0.2) is 13.2 Å². The third kappa shape index (κ3) is 5.41. The molecule has 0 amide bonds. The summed E-state index contributed by atoms with van der Waals surface area (Å²) in [5.41, 5.74) is -1.27. The Labute approximate surface area is 128 Å². The molecule has 1 aromatic rings. The van der Waals surface area contributed by atoms with Crippen LogP contribution in [0.15, 0.2) is 24.3 Å². The molecule has 0 bridgehead atoms. The van der Waals surface area contributed by atoms with Crippen molar-refractivity contribution >= 4 is 53.1 Å². The van der Waals surface area contributed by atoms with Crippen LogP contribution in [0.1, 0.15) is 24.0 Å². The monoisotopic (exact) mass is 342 g/mol. The van der Waals surface area contributed by atoms with Crippen LogP contribution in [0.5, 0.6) is 0 Å². The SMILES string of the molecule is CCOP(=S)(OCC)SC(S)c1ccc(Cl)cc1. The summed E-state index contributed by atoms with van der Waals surface area (Å²) >= 11 is 17.3. The van der Waals surface area contributed by atoms with Crippen molar-refractivity contribution in [2.24, 2.45) is 0 Å². The second kappa shape index (κ2) is 8.15. The first-order valence-electron chi connectivity index (χ1n) is 5.51. The molecule has 0 heterocycles. The molecule has 0 saturated carbocycles. The summed E-state index contributed by atoms with van der Waals surface area (Å²) in [6, 6.07) is 7.55. The molecule has 7 heteroatoms. The molecule has 0 N–H and O–H groups in total. The van der Waals surface area contributed by atoms with Crippen molar-refractivity contribution in [1.29, 1.82) is 0 Å². The van der Waals surface area contributed by atoms with Gasteiger partial charge in [-0.3, -0.25) is 0 Å². The van der Waals surface area contributed by atoms with Crippen molar-refractivity contribution < 1.29 is 9.05 Å². The van der Waals surface area contributed by atoms with E-state index < -0.39 is 5.69 Å². The average molecular weight is 343 g/mol. The molecule has 0 aromatic heterocycles. The fourth-order valence-electron chi connectivity index (χ4n) is 1.22. The highest BCUT2D eigenvalue weighted by molar-refractivity contribution is 8.69. The van der Waals surface area contributed by atoms with Gasteiger partial charge in [-0.25, -0.2) is 0 Å². The lowest BCUT2D eigenvalue weighted by Gasteiger charge is -2.23. The van der Waals surface area contributed by atoms with E-state index in [1.165, 1.54) is 11.4 Å². The number of hydrogen-bond acceptors (Lipinski definition) is 5. The fraction of sp³-hybridized carbons (Fsp3) is 0.455. The molecular formula is C11H16ClO2PS3. The first kappa shape index (κ1) is 16.8. The molecule has 102 valence electrons. The highest BCUT2D eigenvalue weighted by Crippen LogP contribution is 2.66. The van der Waals surface area contributed by atoms with Crippen LogP contribution in [0.3, 0.4) is 0 Å². The minimum atomic E-state index is -2.31. The maximum Gasteiger partial charge on any atom is 0.248 e. The molecule has 0 aliphatic rings. The number of benzene rings is 1. The van der Waals surface area contributed by atoms with Gasteiger partial charge in [0.05, 0.1) is 17.8 Å². The third-order valence-electron chi connectivity index (χ3n) is 1.96.